The lowest BCUT2D eigenvalue weighted by Crippen LogP contribution is -2.29. The quantitative estimate of drug-likeness (QED) is 0.489. The Kier molecular flexibility index (Phi) is 4.74. The average Bonchev–Trinajstić information content (AvgIpc) is 2.99. The monoisotopic (exact) mass is 268 g/mol. The van der Waals surface area contributed by atoms with Crippen molar-refractivity contribution in [1.82, 2.24) is 5.43 Å². The second-order valence-electron chi connectivity index (χ2n) is 4.83. The van der Waals surface area contributed by atoms with Crippen molar-refractivity contribution >= 4 is 17.2 Å². The van der Waals surface area contributed by atoms with Gasteiger partial charge in [-0.25, -0.2) is 5.84 Å². The first-order valence-electron chi connectivity index (χ1n) is 6.38. The third-order valence-corrected chi connectivity index (χ3v) is 4.55. The molecule has 100 valence electrons. The first-order valence-corrected chi connectivity index (χ1v) is 7.20. The highest BCUT2D eigenvalue weighted by molar-refractivity contribution is 7.14. The minimum absolute atomic E-state index is 0.231. The van der Waals surface area contributed by atoms with Crippen LogP contribution in [0.1, 0.15) is 45.8 Å². The number of thiophene rings is 1. The highest BCUT2D eigenvalue weighted by Crippen LogP contribution is 2.26. The van der Waals surface area contributed by atoms with E-state index in [-0.39, 0.29) is 5.91 Å². The molecular formula is C13H20N2O2S. The summed E-state index contributed by atoms with van der Waals surface area (Å²) in [4.78, 5) is 13.2. The molecule has 1 saturated carbocycles. The number of hydrazine groups is 1. The van der Waals surface area contributed by atoms with Gasteiger partial charge in [-0.15, -0.1) is 11.3 Å². The van der Waals surface area contributed by atoms with Crippen LogP contribution < -0.4 is 11.3 Å². The SMILES string of the molecule is Cc1sc(C(=O)NN)cc1COCC1CCCC1. The van der Waals surface area contributed by atoms with Crippen molar-refractivity contribution in [3.63, 3.8) is 0 Å². The van der Waals surface area contributed by atoms with Crippen molar-refractivity contribution < 1.29 is 9.53 Å². The minimum Gasteiger partial charge on any atom is -0.376 e. The van der Waals surface area contributed by atoms with Gasteiger partial charge in [-0.2, -0.15) is 0 Å². The molecule has 1 heterocycles. The third-order valence-electron chi connectivity index (χ3n) is 3.46. The molecule has 1 fully saturated rings. The fourth-order valence-electron chi connectivity index (χ4n) is 2.36. The number of hydrogen-bond donors (Lipinski definition) is 2. The standard InChI is InChI=1S/C13H20N2O2S/c1-9-11(6-12(18-9)13(16)15-14)8-17-7-10-4-2-3-5-10/h6,10H,2-5,7-8,14H2,1H3,(H,15,16). The van der Waals surface area contributed by atoms with Crippen LogP contribution in [0.2, 0.25) is 0 Å². The summed E-state index contributed by atoms with van der Waals surface area (Å²) in [5.41, 5.74) is 3.25. The summed E-state index contributed by atoms with van der Waals surface area (Å²) >= 11 is 1.46. The molecule has 18 heavy (non-hydrogen) atoms. The predicted molar refractivity (Wildman–Crippen MR) is 72.3 cm³/mol. The van der Waals surface area contributed by atoms with Crippen molar-refractivity contribution in [3.8, 4) is 0 Å². The number of hydrogen-bond acceptors (Lipinski definition) is 4. The number of carbonyl (C=O) groups is 1. The van der Waals surface area contributed by atoms with E-state index >= 15 is 0 Å². The lowest BCUT2D eigenvalue weighted by atomic mass is 10.1. The molecule has 2 rings (SSSR count). The van der Waals surface area contributed by atoms with Gasteiger partial charge in [-0.3, -0.25) is 10.2 Å². The summed E-state index contributed by atoms with van der Waals surface area (Å²) in [6.07, 6.45) is 5.27. The average molecular weight is 268 g/mol. The second kappa shape index (κ2) is 6.31. The van der Waals surface area contributed by atoms with E-state index in [0.29, 0.717) is 11.5 Å². The largest absolute Gasteiger partial charge is 0.376 e. The van der Waals surface area contributed by atoms with Gasteiger partial charge in [0.15, 0.2) is 0 Å². The van der Waals surface area contributed by atoms with Gasteiger partial charge in [0.1, 0.15) is 0 Å². The molecule has 0 radical (unpaired) electrons. The number of nitrogens with two attached hydrogens (primary N) is 1. The molecular weight excluding hydrogens is 248 g/mol. The summed E-state index contributed by atoms with van der Waals surface area (Å²) in [7, 11) is 0. The van der Waals surface area contributed by atoms with E-state index < -0.39 is 0 Å². The maximum absolute atomic E-state index is 11.4. The van der Waals surface area contributed by atoms with E-state index in [4.69, 9.17) is 10.6 Å². The van der Waals surface area contributed by atoms with E-state index in [9.17, 15) is 4.79 Å². The van der Waals surface area contributed by atoms with Gasteiger partial charge < -0.3 is 4.74 Å². The Hall–Kier alpha value is -0.910. The Balaban J connectivity index is 1.84. The van der Waals surface area contributed by atoms with E-state index in [0.717, 1.165) is 23.0 Å². The van der Waals surface area contributed by atoms with Crippen LogP contribution in [0.15, 0.2) is 6.07 Å². The van der Waals surface area contributed by atoms with Crippen molar-refractivity contribution in [1.29, 1.82) is 0 Å². The lowest BCUT2D eigenvalue weighted by molar-refractivity contribution is 0.0886. The molecule has 0 aliphatic heterocycles. The van der Waals surface area contributed by atoms with Crippen molar-refractivity contribution in [2.45, 2.75) is 39.2 Å². The van der Waals surface area contributed by atoms with Gasteiger partial charge in [0.25, 0.3) is 5.91 Å². The van der Waals surface area contributed by atoms with Gasteiger partial charge >= 0.3 is 0 Å². The molecule has 1 aliphatic rings. The number of amides is 1. The van der Waals surface area contributed by atoms with Crippen LogP contribution in [0.3, 0.4) is 0 Å². The maximum Gasteiger partial charge on any atom is 0.275 e. The van der Waals surface area contributed by atoms with Crippen LogP contribution in [0.25, 0.3) is 0 Å². The smallest absolute Gasteiger partial charge is 0.275 e. The zero-order valence-electron chi connectivity index (χ0n) is 10.7. The van der Waals surface area contributed by atoms with Crippen LogP contribution in [0.4, 0.5) is 0 Å². The van der Waals surface area contributed by atoms with E-state index in [2.05, 4.69) is 5.43 Å². The molecule has 0 saturated heterocycles. The summed E-state index contributed by atoms with van der Waals surface area (Å²) in [6.45, 7) is 3.44. The minimum atomic E-state index is -0.231. The van der Waals surface area contributed by atoms with Gasteiger partial charge in [-0.05, 0) is 37.3 Å². The van der Waals surface area contributed by atoms with Crippen molar-refractivity contribution in [2.75, 3.05) is 6.61 Å². The second-order valence-corrected chi connectivity index (χ2v) is 6.09. The van der Waals surface area contributed by atoms with Crippen LogP contribution >= 0.6 is 11.3 Å². The lowest BCUT2D eigenvalue weighted by Gasteiger charge is -2.09. The summed E-state index contributed by atoms with van der Waals surface area (Å²) in [5, 5.41) is 0. The molecule has 1 amide bonds. The molecule has 3 N–H and O–H groups in total. The zero-order valence-corrected chi connectivity index (χ0v) is 11.5. The number of carbonyl (C=O) groups excluding carboxylic acids is 1. The van der Waals surface area contributed by atoms with E-state index in [1.165, 1.54) is 37.0 Å². The first kappa shape index (κ1) is 13.5. The third kappa shape index (κ3) is 3.31. The molecule has 4 nitrogen and oxygen atoms in total. The van der Waals surface area contributed by atoms with Crippen LogP contribution in [-0.4, -0.2) is 12.5 Å². The topological polar surface area (TPSA) is 64.4 Å². The van der Waals surface area contributed by atoms with Crippen LogP contribution in [-0.2, 0) is 11.3 Å². The molecule has 0 spiro atoms. The Morgan fingerprint density at radius 2 is 2.28 bits per heavy atom. The molecule has 5 heteroatoms. The summed E-state index contributed by atoms with van der Waals surface area (Å²) in [5.74, 6) is 5.62. The molecule has 0 atom stereocenters. The molecule has 1 aromatic heterocycles. The van der Waals surface area contributed by atoms with Gasteiger partial charge in [0.05, 0.1) is 11.5 Å². The van der Waals surface area contributed by atoms with Gasteiger partial charge in [0, 0.05) is 11.5 Å². The normalized spacial score (nSPS) is 16.1. The maximum atomic E-state index is 11.4. The Bertz CT molecular complexity index is 411. The van der Waals surface area contributed by atoms with Gasteiger partial charge in [0.2, 0.25) is 0 Å². The van der Waals surface area contributed by atoms with E-state index in [1.54, 1.807) is 0 Å². The zero-order chi connectivity index (χ0) is 13.0. The number of nitrogens with one attached hydrogen (secondary N) is 1. The highest BCUT2D eigenvalue weighted by Gasteiger charge is 2.16. The molecule has 1 aromatic rings. The number of nitrogen functional groups attached to an aromatic ring is 1. The number of aryl methyl sites for hydroxylation is 1. The number of rotatable bonds is 5. The fraction of sp³-hybridized carbons (Fsp3) is 0.615. The Morgan fingerprint density at radius 1 is 1.56 bits per heavy atom. The summed E-state index contributed by atoms with van der Waals surface area (Å²) in [6, 6.07) is 1.87. The molecule has 0 aromatic carbocycles. The van der Waals surface area contributed by atoms with E-state index in [1.807, 2.05) is 13.0 Å². The van der Waals surface area contributed by atoms with Gasteiger partial charge in [-0.1, -0.05) is 12.8 Å². The first-order chi connectivity index (χ1) is 8.70. The Morgan fingerprint density at radius 3 is 2.94 bits per heavy atom. The summed E-state index contributed by atoms with van der Waals surface area (Å²) < 4.78 is 5.75. The fourth-order valence-corrected chi connectivity index (χ4v) is 3.29. The molecule has 0 bridgehead atoms. The number of ether oxygens (including phenoxy) is 1. The molecule has 1 aliphatic carbocycles. The highest BCUT2D eigenvalue weighted by atomic mass is 32.1. The van der Waals surface area contributed by atoms with Crippen LogP contribution in [0, 0.1) is 12.8 Å². The van der Waals surface area contributed by atoms with Crippen LogP contribution in [0.5, 0.6) is 0 Å². The Labute approximate surface area is 111 Å². The van der Waals surface area contributed by atoms with Crippen molar-refractivity contribution in [2.24, 2.45) is 11.8 Å². The van der Waals surface area contributed by atoms with Crippen molar-refractivity contribution in [3.05, 3.63) is 21.4 Å². The predicted octanol–water partition coefficient (Wildman–Crippen LogP) is 2.37. The molecule has 0 unspecified atom stereocenters.